The van der Waals surface area contributed by atoms with Crippen molar-refractivity contribution < 1.29 is 28.7 Å². The smallest absolute Gasteiger partial charge is 0.410 e. The number of carbonyl (C=O) groups is 5. The SMILES string of the molecule is CN(C)C(=O)c1cc2cnc(Nc3ccc(C(=O)N4CC5CCC(C4)N5)cn3)nc2n1C1CCN(C2CC2)CC1.CN(C)C(=O)c1cc2cnc(Nc3ccc(C(=O)N4CC5CCC(C4)N5C(=O)OC(C)(C)C)cn3)nc2n1C1CCN(C2CC2)CC1. The van der Waals surface area contributed by atoms with Gasteiger partial charge in [-0.2, -0.15) is 9.97 Å². The number of ether oxygens (including phenoxy) is 1. The van der Waals surface area contributed by atoms with E-state index < -0.39 is 5.60 Å². The van der Waals surface area contributed by atoms with Gasteiger partial charge in [-0.1, -0.05) is 0 Å². The molecule has 6 aromatic rings. The van der Waals surface area contributed by atoms with Crippen LogP contribution in [-0.4, -0.2) is 225 Å². The number of carbonyl (C=O) groups excluding carboxylic acids is 5. The minimum atomic E-state index is -0.562. The zero-order chi connectivity index (χ0) is 60.4. The molecule has 6 aromatic heterocycles. The normalized spacial score (nSPS) is 22.7. The summed E-state index contributed by atoms with van der Waals surface area (Å²) in [6, 6.07) is 13.5. The highest BCUT2D eigenvalue weighted by molar-refractivity contribution is 5.99. The van der Waals surface area contributed by atoms with Crippen molar-refractivity contribution in [3.63, 3.8) is 0 Å². The Hall–Kier alpha value is -7.83. The van der Waals surface area contributed by atoms with Crippen molar-refractivity contribution in [2.45, 2.75) is 152 Å². The van der Waals surface area contributed by atoms with Crippen molar-refractivity contribution in [1.29, 1.82) is 0 Å². The van der Waals surface area contributed by atoms with Crippen LogP contribution in [0.1, 0.15) is 152 Å². The molecule has 3 N–H and O–H groups in total. The standard InChI is InChI=1S/C34H45N9O4.C29H37N9O2/c1-34(2,3)47-33(46)42-25-9-10-26(42)20-41(19-25)30(44)21-6-11-28(35-17-21)37-32-36-18-22-16-27(31(45)39(4)5)43(29(22)38-32)24-12-14-40(15-13-24)23-7-8-23;1-35(2)28(40)24-13-19-15-31-29(34-26(19)38(24)23-9-11-36(12-10-23)22-6-7-22)33-25-8-3-18(14-30-25)27(39)37-16-20-4-5-21(17-37)32-20/h6,11,16-18,23-26H,7-10,12-15,19-20H2,1-5H3,(H,35,36,37,38);3,8,13-15,20-23,32H,4-7,9-12,16-17H2,1-2H3,(H,30,31,33,34). The van der Waals surface area contributed by atoms with Crippen molar-refractivity contribution in [2.24, 2.45) is 0 Å². The number of amides is 5. The first kappa shape index (κ1) is 58.2. The summed E-state index contributed by atoms with van der Waals surface area (Å²) in [5.74, 6) is 1.70. The maximum atomic E-state index is 13.5. The molecule has 460 valence electrons. The lowest BCUT2D eigenvalue weighted by molar-refractivity contribution is -0.00337. The number of aromatic nitrogens is 8. The van der Waals surface area contributed by atoms with Gasteiger partial charge in [0.25, 0.3) is 23.6 Å². The largest absolute Gasteiger partial charge is 0.444 e. The molecule has 6 aliphatic heterocycles. The van der Waals surface area contributed by atoms with Crippen molar-refractivity contribution in [3.05, 3.63) is 83.7 Å². The Labute approximate surface area is 507 Å². The van der Waals surface area contributed by atoms with Crippen LogP contribution in [0, 0.1) is 0 Å². The van der Waals surface area contributed by atoms with E-state index in [2.05, 4.69) is 54.8 Å². The van der Waals surface area contributed by atoms with Gasteiger partial charge in [0.2, 0.25) is 11.9 Å². The lowest BCUT2D eigenvalue weighted by atomic mass is 10.0. The van der Waals surface area contributed by atoms with E-state index in [1.807, 2.05) is 53.7 Å². The van der Waals surface area contributed by atoms with Crippen LogP contribution in [0.25, 0.3) is 22.1 Å². The molecule has 0 aromatic carbocycles. The zero-order valence-corrected chi connectivity index (χ0v) is 51.2. The second-order valence-electron chi connectivity index (χ2n) is 26.6. The summed E-state index contributed by atoms with van der Waals surface area (Å²) < 4.78 is 9.87. The van der Waals surface area contributed by atoms with E-state index in [9.17, 15) is 24.0 Å². The quantitative estimate of drug-likeness (QED) is 0.112. The fourth-order valence-electron chi connectivity index (χ4n) is 14.0. The number of anilines is 4. The summed E-state index contributed by atoms with van der Waals surface area (Å²) in [5.41, 5.74) is 3.27. The van der Waals surface area contributed by atoms with Crippen LogP contribution in [0.5, 0.6) is 0 Å². The fraction of sp³-hybridized carbons (Fsp3) is 0.571. The van der Waals surface area contributed by atoms with E-state index in [-0.39, 0.29) is 53.9 Å². The van der Waals surface area contributed by atoms with Crippen LogP contribution < -0.4 is 16.0 Å². The van der Waals surface area contributed by atoms with Crippen LogP contribution in [0.3, 0.4) is 0 Å². The number of nitrogens with zero attached hydrogens (tertiary/aromatic N) is 15. The van der Waals surface area contributed by atoms with Gasteiger partial charge in [-0.3, -0.25) is 24.1 Å². The number of likely N-dealkylation sites (tertiary alicyclic amines) is 4. The third-order valence-electron chi connectivity index (χ3n) is 18.6. The van der Waals surface area contributed by atoms with Gasteiger partial charge in [-0.05, 0) is 134 Å². The van der Waals surface area contributed by atoms with Crippen LogP contribution in [-0.2, 0) is 4.74 Å². The summed E-state index contributed by atoms with van der Waals surface area (Å²) in [7, 11) is 7.11. The highest BCUT2D eigenvalue weighted by Gasteiger charge is 2.46. The Kier molecular flexibility index (Phi) is 15.9. The summed E-state index contributed by atoms with van der Waals surface area (Å²) >= 11 is 0. The number of pyridine rings is 2. The van der Waals surface area contributed by atoms with Crippen molar-refractivity contribution in [1.82, 2.24) is 78.7 Å². The molecule has 0 spiro atoms. The average Bonchev–Trinajstić information content (AvgIpc) is 1.98. The molecule has 6 saturated heterocycles. The lowest BCUT2D eigenvalue weighted by Crippen LogP contribution is -2.57. The third-order valence-corrected chi connectivity index (χ3v) is 18.6. The summed E-state index contributed by atoms with van der Waals surface area (Å²) in [6.45, 7) is 12.2. The Morgan fingerprint density at radius 3 is 1.31 bits per heavy atom. The molecule has 87 heavy (non-hydrogen) atoms. The first-order valence-corrected chi connectivity index (χ1v) is 31.4. The molecule has 8 aliphatic rings. The van der Waals surface area contributed by atoms with Crippen LogP contribution in [0.2, 0.25) is 0 Å². The highest BCUT2D eigenvalue weighted by Crippen LogP contribution is 2.38. The molecule has 0 radical (unpaired) electrons. The van der Waals surface area contributed by atoms with Gasteiger partial charge in [0.1, 0.15) is 39.9 Å². The number of piperazine rings is 2. The van der Waals surface area contributed by atoms with Crippen molar-refractivity contribution in [2.75, 3.05) is 91.2 Å². The van der Waals surface area contributed by atoms with Crippen molar-refractivity contribution in [3.8, 4) is 0 Å². The maximum absolute atomic E-state index is 13.5. The third kappa shape index (κ3) is 12.4. The van der Waals surface area contributed by atoms with Gasteiger partial charge in [0.15, 0.2) is 0 Å². The zero-order valence-electron chi connectivity index (χ0n) is 51.2. The van der Waals surface area contributed by atoms with Crippen LogP contribution >= 0.6 is 0 Å². The molecule has 4 bridgehead atoms. The molecule has 2 saturated carbocycles. The average molecular weight is 1190 g/mol. The maximum Gasteiger partial charge on any atom is 0.410 e. The molecule has 5 amide bonds. The van der Waals surface area contributed by atoms with Gasteiger partial charge < -0.3 is 59.2 Å². The monoisotopic (exact) mass is 1190 g/mol. The molecule has 2 aliphatic carbocycles. The predicted molar refractivity (Wildman–Crippen MR) is 328 cm³/mol. The molecule has 24 heteroatoms. The molecule has 14 rings (SSSR count). The highest BCUT2D eigenvalue weighted by atomic mass is 16.6. The summed E-state index contributed by atoms with van der Waals surface area (Å²) in [5, 5.41) is 11.6. The van der Waals surface area contributed by atoms with Crippen LogP contribution in [0.15, 0.2) is 61.2 Å². The van der Waals surface area contributed by atoms with E-state index in [1.165, 1.54) is 25.7 Å². The van der Waals surface area contributed by atoms with E-state index >= 15 is 0 Å². The van der Waals surface area contributed by atoms with Gasteiger partial charge in [0.05, 0.1) is 23.2 Å². The van der Waals surface area contributed by atoms with Crippen LogP contribution in [0.4, 0.5) is 28.3 Å². The minimum absolute atomic E-state index is 0.0266. The van der Waals surface area contributed by atoms with E-state index in [1.54, 1.807) is 81.0 Å². The molecule has 12 heterocycles. The van der Waals surface area contributed by atoms with Gasteiger partial charge in [-0.25, -0.2) is 24.7 Å². The number of piperidine rings is 2. The summed E-state index contributed by atoms with van der Waals surface area (Å²) in [4.78, 5) is 108. The van der Waals surface area contributed by atoms with E-state index in [4.69, 9.17) is 14.7 Å². The lowest BCUT2D eigenvalue weighted by Gasteiger charge is -2.41. The first-order valence-electron chi connectivity index (χ1n) is 31.4. The second-order valence-corrected chi connectivity index (χ2v) is 26.6. The topological polar surface area (TPSA) is 241 Å². The Balaban J connectivity index is 0.000000163. The Bertz CT molecular complexity index is 3530. The number of rotatable bonds is 12. The van der Waals surface area contributed by atoms with E-state index in [0.717, 1.165) is 125 Å². The molecule has 4 atom stereocenters. The molecule has 24 nitrogen and oxygen atoms in total. The Morgan fingerprint density at radius 1 is 0.517 bits per heavy atom. The van der Waals surface area contributed by atoms with E-state index in [0.29, 0.717) is 71.2 Å². The molecule has 4 unspecified atom stereocenters. The fourth-order valence-corrected chi connectivity index (χ4v) is 14.0. The number of nitrogens with one attached hydrogen (secondary N) is 3. The Morgan fingerprint density at radius 2 is 0.931 bits per heavy atom. The molecular weight excluding hydrogens is 1100 g/mol. The number of hydrogen-bond acceptors (Lipinski definition) is 17. The minimum Gasteiger partial charge on any atom is -0.444 e. The number of hydrogen-bond donors (Lipinski definition) is 3. The van der Waals surface area contributed by atoms with Gasteiger partial charge in [0, 0.05) is 152 Å². The second kappa shape index (κ2) is 23.7. The summed E-state index contributed by atoms with van der Waals surface area (Å²) in [6.07, 6.45) is 19.5. The molecule has 8 fully saturated rings. The number of fused-ring (bicyclic) bond motifs is 6. The molecular formula is C63H82N18O6. The van der Waals surface area contributed by atoms with Crippen molar-refractivity contribution >= 4 is 75.3 Å². The predicted octanol–water partition coefficient (Wildman–Crippen LogP) is 6.94. The first-order chi connectivity index (χ1) is 41.9. The van der Waals surface area contributed by atoms with Gasteiger partial charge >= 0.3 is 6.09 Å². The van der Waals surface area contributed by atoms with Gasteiger partial charge in [-0.15, -0.1) is 0 Å².